The number of thiazole rings is 1. The molecule has 4 nitrogen and oxygen atoms in total. The van der Waals surface area contributed by atoms with Gasteiger partial charge in [-0.15, -0.1) is 11.3 Å². The van der Waals surface area contributed by atoms with Gasteiger partial charge in [0.1, 0.15) is 0 Å². The number of nitrogens with zero attached hydrogens (tertiary/aromatic N) is 2. The second-order valence-electron chi connectivity index (χ2n) is 4.99. The largest absolute Gasteiger partial charge is 0.383 e. The molecular formula is C15H29N3OS. The minimum Gasteiger partial charge on any atom is -0.383 e. The summed E-state index contributed by atoms with van der Waals surface area (Å²) in [7, 11) is 1.72. The Balaban J connectivity index is 2.46. The SMILES string of the molecule is CCCCN(CCCC)c1nc(CNCCOC)cs1. The van der Waals surface area contributed by atoms with Crippen molar-refractivity contribution in [2.75, 3.05) is 38.3 Å². The van der Waals surface area contributed by atoms with Crippen molar-refractivity contribution in [1.29, 1.82) is 0 Å². The van der Waals surface area contributed by atoms with E-state index in [1.54, 1.807) is 18.4 Å². The Morgan fingerprint density at radius 3 is 2.55 bits per heavy atom. The molecule has 0 spiro atoms. The highest BCUT2D eigenvalue weighted by molar-refractivity contribution is 7.13. The Hall–Kier alpha value is -0.650. The quantitative estimate of drug-likeness (QED) is 0.601. The van der Waals surface area contributed by atoms with Crippen LogP contribution < -0.4 is 10.2 Å². The molecule has 0 aliphatic carbocycles. The standard InChI is InChI=1S/C15H29N3OS/c1-4-6-9-18(10-7-5-2)15-17-14(13-20-15)12-16-8-11-19-3/h13,16H,4-12H2,1-3H3. The van der Waals surface area contributed by atoms with E-state index >= 15 is 0 Å². The lowest BCUT2D eigenvalue weighted by Crippen LogP contribution is -2.25. The van der Waals surface area contributed by atoms with Crippen LogP contribution in [0.4, 0.5) is 5.13 Å². The van der Waals surface area contributed by atoms with E-state index in [-0.39, 0.29) is 0 Å². The van der Waals surface area contributed by atoms with Crippen molar-refractivity contribution in [1.82, 2.24) is 10.3 Å². The van der Waals surface area contributed by atoms with E-state index < -0.39 is 0 Å². The van der Waals surface area contributed by atoms with Crippen LogP contribution in [0.15, 0.2) is 5.38 Å². The number of methoxy groups -OCH3 is 1. The molecule has 0 aromatic carbocycles. The second kappa shape index (κ2) is 11.1. The van der Waals surface area contributed by atoms with Gasteiger partial charge in [-0.3, -0.25) is 0 Å². The summed E-state index contributed by atoms with van der Waals surface area (Å²) >= 11 is 1.77. The van der Waals surface area contributed by atoms with Crippen LogP contribution in [0.1, 0.15) is 45.2 Å². The summed E-state index contributed by atoms with van der Waals surface area (Å²) < 4.78 is 5.02. The highest BCUT2D eigenvalue weighted by atomic mass is 32.1. The summed E-state index contributed by atoms with van der Waals surface area (Å²) in [5.74, 6) is 0. The maximum absolute atomic E-state index is 5.02. The Kier molecular flexibility index (Phi) is 9.62. The zero-order valence-electron chi connectivity index (χ0n) is 13.2. The molecule has 0 atom stereocenters. The average molecular weight is 299 g/mol. The van der Waals surface area contributed by atoms with Gasteiger partial charge in [-0.2, -0.15) is 0 Å². The summed E-state index contributed by atoms with van der Waals surface area (Å²) in [6, 6.07) is 0. The third-order valence-electron chi connectivity index (χ3n) is 3.16. The van der Waals surface area contributed by atoms with E-state index in [9.17, 15) is 0 Å². The smallest absolute Gasteiger partial charge is 0.185 e. The van der Waals surface area contributed by atoms with Crippen molar-refractivity contribution in [2.45, 2.75) is 46.1 Å². The van der Waals surface area contributed by atoms with Crippen LogP contribution in [0.2, 0.25) is 0 Å². The molecule has 0 radical (unpaired) electrons. The molecule has 1 aromatic rings. The Morgan fingerprint density at radius 1 is 1.25 bits per heavy atom. The normalized spacial score (nSPS) is 10.9. The molecule has 1 N–H and O–H groups in total. The summed E-state index contributed by atoms with van der Waals surface area (Å²) in [6.07, 6.45) is 4.95. The van der Waals surface area contributed by atoms with E-state index in [1.807, 2.05) is 0 Å². The lowest BCUT2D eigenvalue weighted by Gasteiger charge is -2.21. The molecule has 0 unspecified atom stereocenters. The number of unbranched alkanes of at least 4 members (excludes halogenated alkanes) is 2. The third-order valence-corrected chi connectivity index (χ3v) is 4.11. The first kappa shape index (κ1) is 17.4. The highest BCUT2D eigenvalue weighted by Crippen LogP contribution is 2.21. The fraction of sp³-hybridized carbons (Fsp3) is 0.800. The third kappa shape index (κ3) is 6.68. The predicted molar refractivity (Wildman–Crippen MR) is 87.7 cm³/mol. The molecule has 1 aromatic heterocycles. The molecule has 0 bridgehead atoms. The van der Waals surface area contributed by atoms with Gasteiger partial charge in [0.2, 0.25) is 0 Å². The molecule has 5 heteroatoms. The van der Waals surface area contributed by atoms with Crippen molar-refractivity contribution in [3.05, 3.63) is 11.1 Å². The maximum atomic E-state index is 5.02. The number of ether oxygens (including phenoxy) is 1. The van der Waals surface area contributed by atoms with Crippen LogP contribution in [0, 0.1) is 0 Å². The van der Waals surface area contributed by atoms with Crippen molar-refractivity contribution in [2.24, 2.45) is 0 Å². The zero-order chi connectivity index (χ0) is 14.6. The fourth-order valence-electron chi connectivity index (χ4n) is 1.91. The summed E-state index contributed by atoms with van der Waals surface area (Å²) in [5.41, 5.74) is 1.14. The number of hydrogen-bond acceptors (Lipinski definition) is 5. The molecule has 0 fully saturated rings. The average Bonchev–Trinajstić information content (AvgIpc) is 2.92. The van der Waals surface area contributed by atoms with Gasteiger partial charge in [0.25, 0.3) is 0 Å². The first-order valence-electron chi connectivity index (χ1n) is 7.70. The molecule has 0 saturated heterocycles. The van der Waals surface area contributed by atoms with E-state index in [0.29, 0.717) is 0 Å². The minimum absolute atomic E-state index is 0.746. The van der Waals surface area contributed by atoms with E-state index in [0.717, 1.165) is 38.5 Å². The summed E-state index contributed by atoms with van der Waals surface area (Å²) in [4.78, 5) is 7.20. The fourth-order valence-corrected chi connectivity index (χ4v) is 2.79. The molecule has 116 valence electrons. The number of anilines is 1. The van der Waals surface area contributed by atoms with Crippen LogP contribution in [-0.4, -0.2) is 38.3 Å². The molecule has 0 aliphatic heterocycles. The van der Waals surface area contributed by atoms with Crippen molar-refractivity contribution < 1.29 is 4.74 Å². The Labute approximate surface area is 127 Å². The van der Waals surface area contributed by atoms with Gasteiger partial charge in [-0.05, 0) is 12.8 Å². The second-order valence-corrected chi connectivity index (χ2v) is 5.82. The van der Waals surface area contributed by atoms with E-state index in [4.69, 9.17) is 9.72 Å². The van der Waals surface area contributed by atoms with Gasteiger partial charge in [-0.1, -0.05) is 26.7 Å². The number of hydrogen-bond donors (Lipinski definition) is 1. The summed E-state index contributed by atoms with van der Waals surface area (Å²) in [5, 5.41) is 6.68. The van der Waals surface area contributed by atoms with Crippen molar-refractivity contribution in [3.63, 3.8) is 0 Å². The predicted octanol–water partition coefficient (Wildman–Crippen LogP) is 3.29. The molecule has 1 heterocycles. The Morgan fingerprint density at radius 2 is 1.95 bits per heavy atom. The van der Waals surface area contributed by atoms with E-state index in [2.05, 4.69) is 29.4 Å². The van der Waals surface area contributed by atoms with Gasteiger partial charge in [-0.25, -0.2) is 4.98 Å². The Bertz CT molecular complexity index is 336. The molecule has 20 heavy (non-hydrogen) atoms. The van der Waals surface area contributed by atoms with E-state index in [1.165, 1.54) is 30.8 Å². The summed E-state index contributed by atoms with van der Waals surface area (Å²) in [6.45, 7) is 9.18. The lowest BCUT2D eigenvalue weighted by molar-refractivity contribution is 0.199. The molecule has 0 aliphatic rings. The topological polar surface area (TPSA) is 37.4 Å². The van der Waals surface area contributed by atoms with Gasteiger partial charge in [0, 0.05) is 38.7 Å². The molecule has 1 rings (SSSR count). The first-order chi connectivity index (χ1) is 9.81. The zero-order valence-corrected chi connectivity index (χ0v) is 14.0. The number of nitrogens with one attached hydrogen (secondary N) is 1. The molecular weight excluding hydrogens is 270 g/mol. The van der Waals surface area contributed by atoms with Crippen LogP contribution in [-0.2, 0) is 11.3 Å². The molecule has 0 amide bonds. The van der Waals surface area contributed by atoms with Crippen LogP contribution in [0.3, 0.4) is 0 Å². The first-order valence-corrected chi connectivity index (χ1v) is 8.58. The van der Waals surface area contributed by atoms with Gasteiger partial charge in [0.15, 0.2) is 5.13 Å². The van der Waals surface area contributed by atoms with Gasteiger partial charge >= 0.3 is 0 Å². The monoisotopic (exact) mass is 299 g/mol. The van der Waals surface area contributed by atoms with Gasteiger partial charge < -0.3 is 15.0 Å². The van der Waals surface area contributed by atoms with Crippen molar-refractivity contribution in [3.8, 4) is 0 Å². The van der Waals surface area contributed by atoms with Crippen LogP contribution >= 0.6 is 11.3 Å². The van der Waals surface area contributed by atoms with Crippen LogP contribution in [0.5, 0.6) is 0 Å². The number of rotatable bonds is 12. The van der Waals surface area contributed by atoms with Gasteiger partial charge in [0.05, 0.1) is 12.3 Å². The van der Waals surface area contributed by atoms with Crippen LogP contribution in [0.25, 0.3) is 0 Å². The lowest BCUT2D eigenvalue weighted by atomic mass is 10.3. The number of aromatic nitrogens is 1. The van der Waals surface area contributed by atoms with Crippen molar-refractivity contribution >= 4 is 16.5 Å². The maximum Gasteiger partial charge on any atom is 0.185 e. The molecule has 0 saturated carbocycles. The highest BCUT2D eigenvalue weighted by Gasteiger charge is 2.10. The minimum atomic E-state index is 0.746.